The lowest BCUT2D eigenvalue weighted by Crippen LogP contribution is -2.73. The molecule has 5 rings (SSSR count). The van der Waals surface area contributed by atoms with E-state index in [9.17, 15) is 28.0 Å². The van der Waals surface area contributed by atoms with E-state index in [0.717, 1.165) is 44.5 Å². The van der Waals surface area contributed by atoms with Crippen molar-refractivity contribution in [2.24, 2.45) is 5.41 Å². The molecule has 1 N–H and O–H groups in total. The van der Waals surface area contributed by atoms with Crippen LogP contribution in [0, 0.1) is 23.7 Å². The molecule has 13 heteroatoms. The lowest BCUT2D eigenvalue weighted by molar-refractivity contribution is -0.153. The highest BCUT2D eigenvalue weighted by atomic mass is 35.5. The number of pyridine rings is 1. The molecule has 0 radical (unpaired) electrons. The van der Waals surface area contributed by atoms with Crippen molar-refractivity contribution >= 4 is 40.6 Å². The standard InChI is InChI=1S/C29H31ClF3N7O2/c1-4-25(41)40-16-28(17-40)14-38(15-28)9-10-39-8-7-22(27(42)37(3)23-6-5-19(30)12-24(23)39)36-26-20(13-34)21(29(31,32)33)11-18(2)35-26/h4-6,11-12,22H,1,7-10,14-17H2,2-3H3,(H,35,36)/t22-/m0/s1. The number of alkyl halides is 3. The maximum Gasteiger partial charge on any atom is 0.417 e. The Morgan fingerprint density at radius 1 is 1.24 bits per heavy atom. The number of hydrogen-bond donors (Lipinski definition) is 1. The number of aryl methyl sites for hydroxylation is 1. The van der Waals surface area contributed by atoms with Crippen molar-refractivity contribution in [1.82, 2.24) is 14.8 Å². The fourth-order valence-electron chi connectivity index (χ4n) is 6.13. The zero-order valence-corrected chi connectivity index (χ0v) is 24.1. The molecule has 3 aliphatic heterocycles. The first-order valence-electron chi connectivity index (χ1n) is 13.6. The molecule has 0 aliphatic carbocycles. The van der Waals surface area contributed by atoms with E-state index in [1.54, 1.807) is 30.1 Å². The van der Waals surface area contributed by atoms with Crippen LogP contribution in [0.1, 0.15) is 23.2 Å². The van der Waals surface area contributed by atoms with Crippen molar-refractivity contribution in [3.63, 3.8) is 0 Å². The molecule has 222 valence electrons. The number of likely N-dealkylation sites (tertiary alicyclic amines) is 2. The summed E-state index contributed by atoms with van der Waals surface area (Å²) in [6, 6.07) is 6.76. The van der Waals surface area contributed by atoms with Gasteiger partial charge in [0.15, 0.2) is 0 Å². The third-order valence-corrected chi connectivity index (χ3v) is 8.41. The first-order chi connectivity index (χ1) is 19.8. The Balaban J connectivity index is 1.34. The number of carbonyl (C=O) groups excluding carboxylic acids is 2. The second-order valence-electron chi connectivity index (χ2n) is 11.3. The summed E-state index contributed by atoms with van der Waals surface area (Å²) in [7, 11) is 1.61. The predicted molar refractivity (Wildman–Crippen MR) is 153 cm³/mol. The van der Waals surface area contributed by atoms with Gasteiger partial charge in [-0.2, -0.15) is 18.4 Å². The van der Waals surface area contributed by atoms with Crippen molar-refractivity contribution in [3.8, 4) is 6.07 Å². The van der Waals surface area contributed by atoms with Gasteiger partial charge in [0, 0.05) is 69.0 Å². The van der Waals surface area contributed by atoms with Gasteiger partial charge in [-0.05, 0) is 43.7 Å². The number of nitrogens with zero attached hydrogens (tertiary/aromatic N) is 6. The quantitative estimate of drug-likeness (QED) is 0.502. The Kier molecular flexibility index (Phi) is 7.85. The zero-order chi connectivity index (χ0) is 30.4. The van der Waals surface area contributed by atoms with Gasteiger partial charge in [-0.15, -0.1) is 0 Å². The average molecular weight is 602 g/mol. The second-order valence-corrected chi connectivity index (χ2v) is 11.7. The summed E-state index contributed by atoms with van der Waals surface area (Å²) in [4.78, 5) is 37.2. The van der Waals surface area contributed by atoms with Gasteiger partial charge in [0.25, 0.3) is 0 Å². The number of carbonyl (C=O) groups is 2. The minimum absolute atomic E-state index is 0.0487. The Hall–Kier alpha value is -3.82. The normalized spacial score (nSPS) is 20.2. The van der Waals surface area contributed by atoms with Crippen molar-refractivity contribution in [1.29, 1.82) is 5.26 Å². The van der Waals surface area contributed by atoms with Crippen LogP contribution in [0.2, 0.25) is 5.02 Å². The van der Waals surface area contributed by atoms with Crippen LogP contribution >= 0.6 is 11.6 Å². The highest BCUT2D eigenvalue weighted by Gasteiger charge is 2.52. The number of anilines is 3. The summed E-state index contributed by atoms with van der Waals surface area (Å²) < 4.78 is 41.1. The smallest absolute Gasteiger partial charge is 0.368 e. The minimum atomic E-state index is -4.75. The van der Waals surface area contributed by atoms with Gasteiger partial charge >= 0.3 is 6.18 Å². The molecule has 9 nitrogen and oxygen atoms in total. The number of nitrogens with one attached hydrogen (secondary N) is 1. The van der Waals surface area contributed by atoms with Crippen LogP contribution < -0.4 is 15.1 Å². The first kappa shape index (κ1) is 29.7. The van der Waals surface area contributed by atoms with Crippen molar-refractivity contribution in [3.05, 3.63) is 58.8 Å². The summed E-state index contributed by atoms with van der Waals surface area (Å²) in [6.45, 7) is 9.94. The number of aromatic nitrogens is 1. The monoisotopic (exact) mass is 601 g/mol. The number of nitriles is 1. The van der Waals surface area contributed by atoms with Crippen LogP contribution in [-0.4, -0.2) is 85.5 Å². The van der Waals surface area contributed by atoms with E-state index in [1.807, 2.05) is 6.07 Å². The summed E-state index contributed by atoms with van der Waals surface area (Å²) in [5, 5.41) is 13.0. The largest absolute Gasteiger partial charge is 0.417 e. The van der Waals surface area contributed by atoms with Gasteiger partial charge in [-0.25, -0.2) is 4.98 Å². The van der Waals surface area contributed by atoms with Crippen LogP contribution in [0.25, 0.3) is 0 Å². The van der Waals surface area contributed by atoms with E-state index in [0.29, 0.717) is 23.8 Å². The third-order valence-electron chi connectivity index (χ3n) is 8.17. The van der Waals surface area contributed by atoms with Gasteiger partial charge in [0.2, 0.25) is 11.8 Å². The molecule has 42 heavy (non-hydrogen) atoms. The Bertz CT molecular complexity index is 1460. The minimum Gasteiger partial charge on any atom is -0.368 e. The van der Waals surface area contributed by atoms with Crippen LogP contribution in [0.5, 0.6) is 0 Å². The fraction of sp³-hybridized carbons (Fsp3) is 0.448. The first-order valence-corrected chi connectivity index (χ1v) is 13.9. The average Bonchev–Trinajstić information content (AvgIpc) is 2.89. The molecule has 3 aliphatic rings. The third kappa shape index (κ3) is 5.63. The molecule has 1 aromatic carbocycles. The molecule has 1 aromatic heterocycles. The van der Waals surface area contributed by atoms with Gasteiger partial charge in [0.05, 0.1) is 16.9 Å². The lowest BCUT2D eigenvalue weighted by Gasteiger charge is -2.60. The van der Waals surface area contributed by atoms with Crippen LogP contribution in [0.3, 0.4) is 0 Å². The van der Waals surface area contributed by atoms with E-state index >= 15 is 0 Å². The maximum absolute atomic E-state index is 13.7. The fourth-order valence-corrected chi connectivity index (χ4v) is 6.30. The van der Waals surface area contributed by atoms with E-state index in [2.05, 4.69) is 26.7 Å². The molecule has 0 saturated carbocycles. The number of fused-ring (bicyclic) bond motifs is 1. The molecule has 4 heterocycles. The lowest BCUT2D eigenvalue weighted by atomic mass is 9.73. The molecule has 2 aromatic rings. The number of halogens is 4. The van der Waals surface area contributed by atoms with Crippen LogP contribution in [0.15, 0.2) is 36.9 Å². The zero-order valence-electron chi connectivity index (χ0n) is 23.3. The highest BCUT2D eigenvalue weighted by molar-refractivity contribution is 6.31. The summed E-state index contributed by atoms with van der Waals surface area (Å²) in [5.41, 5.74) is -0.138. The second kappa shape index (κ2) is 11.1. The van der Waals surface area contributed by atoms with Crippen molar-refractivity contribution in [2.45, 2.75) is 25.6 Å². The molecule has 2 amide bonds. The van der Waals surface area contributed by atoms with Gasteiger partial charge < -0.3 is 24.9 Å². The maximum atomic E-state index is 13.7. The SMILES string of the molecule is C=CC(=O)N1CC2(CN(CCN3CC[C@H](Nc4nc(C)cc(C(F)(F)F)c4C#N)C(=O)N(C)c4ccc(Cl)cc43)C2)C1. The molecule has 0 bridgehead atoms. The summed E-state index contributed by atoms with van der Waals surface area (Å²) in [5.74, 6) is -0.685. The molecule has 2 fully saturated rings. The number of likely N-dealkylation sites (N-methyl/N-ethyl adjacent to an activating group) is 1. The van der Waals surface area contributed by atoms with Gasteiger partial charge in [-0.3, -0.25) is 9.59 Å². The molecular weight excluding hydrogens is 571 g/mol. The van der Waals surface area contributed by atoms with Gasteiger partial charge in [0.1, 0.15) is 23.5 Å². The van der Waals surface area contributed by atoms with Gasteiger partial charge in [-0.1, -0.05) is 18.2 Å². The van der Waals surface area contributed by atoms with Crippen molar-refractivity contribution < 1.29 is 22.8 Å². The molecule has 1 atom stereocenters. The van der Waals surface area contributed by atoms with Crippen LogP contribution in [0.4, 0.5) is 30.4 Å². The van der Waals surface area contributed by atoms with Crippen molar-refractivity contribution in [2.75, 3.05) is 68.0 Å². The summed E-state index contributed by atoms with van der Waals surface area (Å²) >= 11 is 6.35. The van der Waals surface area contributed by atoms with E-state index in [1.165, 1.54) is 17.9 Å². The topological polar surface area (TPSA) is 95.8 Å². The molecule has 2 saturated heterocycles. The number of amides is 2. The van der Waals surface area contributed by atoms with Crippen LogP contribution in [-0.2, 0) is 15.8 Å². The van der Waals surface area contributed by atoms with E-state index in [4.69, 9.17) is 11.6 Å². The summed E-state index contributed by atoms with van der Waals surface area (Å²) in [6.07, 6.45) is -3.16. The number of benzene rings is 1. The highest BCUT2D eigenvalue weighted by Crippen LogP contribution is 2.40. The number of hydrogen-bond acceptors (Lipinski definition) is 7. The molecular formula is C29H31ClF3N7O2. The molecule has 0 unspecified atom stereocenters. The van der Waals surface area contributed by atoms with E-state index in [-0.39, 0.29) is 35.2 Å². The predicted octanol–water partition coefficient (Wildman–Crippen LogP) is 3.92. The van der Waals surface area contributed by atoms with E-state index < -0.39 is 23.3 Å². The number of rotatable bonds is 6. The molecule has 1 spiro atoms. The Morgan fingerprint density at radius 2 is 1.95 bits per heavy atom. The Labute approximate surface area is 247 Å². The Morgan fingerprint density at radius 3 is 2.60 bits per heavy atom.